The summed E-state index contributed by atoms with van der Waals surface area (Å²) in [6.45, 7) is 5.59. The van der Waals surface area contributed by atoms with Crippen LogP contribution in [0.25, 0.3) is 28.0 Å². The maximum atomic E-state index is 14.1. The number of hydrogen-bond donors (Lipinski definition) is 1. The van der Waals surface area contributed by atoms with E-state index in [1.54, 1.807) is 6.07 Å². The number of carbonyl (C=O) groups excluding carboxylic acids is 1. The molecule has 192 valence electrons. The van der Waals surface area contributed by atoms with Crippen molar-refractivity contribution >= 4 is 28.8 Å². The van der Waals surface area contributed by atoms with Crippen LogP contribution in [0.3, 0.4) is 0 Å². The van der Waals surface area contributed by atoms with E-state index in [1.165, 1.54) is 11.1 Å². The number of hydrogen-bond acceptors (Lipinski definition) is 2. The van der Waals surface area contributed by atoms with Gasteiger partial charge >= 0.3 is 0 Å². The number of aromatic nitrogens is 2. The van der Waals surface area contributed by atoms with Crippen molar-refractivity contribution in [2.75, 3.05) is 11.9 Å². The maximum absolute atomic E-state index is 14.1. The highest BCUT2D eigenvalue weighted by atomic mass is 35.5. The highest BCUT2D eigenvalue weighted by Crippen LogP contribution is 2.40. The molecule has 1 amide bonds. The molecular formula is C32H30ClN3O2. The number of nitrogens with one attached hydrogen (secondary N) is 1. The molecule has 2 aromatic heterocycles. The van der Waals surface area contributed by atoms with Gasteiger partial charge in [0.15, 0.2) is 0 Å². The number of rotatable bonds is 6. The first-order valence-electron chi connectivity index (χ1n) is 13.2. The molecule has 6 rings (SSSR count). The Morgan fingerprint density at radius 2 is 1.71 bits per heavy atom. The van der Waals surface area contributed by atoms with Gasteiger partial charge in [-0.15, -0.1) is 0 Å². The molecule has 0 atom stereocenters. The van der Waals surface area contributed by atoms with Crippen LogP contribution < -0.4 is 10.1 Å². The number of benzene rings is 3. The number of imidazole rings is 1. The Bertz CT molecular complexity index is 1630. The van der Waals surface area contributed by atoms with E-state index in [1.807, 2.05) is 37.3 Å². The quantitative estimate of drug-likeness (QED) is 0.245. The van der Waals surface area contributed by atoms with Gasteiger partial charge in [0.05, 0.1) is 23.0 Å². The Morgan fingerprint density at radius 3 is 2.45 bits per heavy atom. The predicted octanol–water partition coefficient (Wildman–Crippen LogP) is 8.02. The summed E-state index contributed by atoms with van der Waals surface area (Å²) in [7, 11) is 0. The Hall–Kier alpha value is -3.96. The van der Waals surface area contributed by atoms with E-state index in [2.05, 4.69) is 63.8 Å². The third kappa shape index (κ3) is 4.27. The van der Waals surface area contributed by atoms with Crippen LogP contribution in [0.1, 0.15) is 41.4 Å². The molecule has 5 nitrogen and oxygen atoms in total. The fourth-order valence-electron chi connectivity index (χ4n) is 5.50. The van der Waals surface area contributed by atoms with Gasteiger partial charge in [0.1, 0.15) is 17.1 Å². The first-order valence-corrected chi connectivity index (χ1v) is 13.6. The number of nitrogens with zero attached hydrogens (tertiary/aromatic N) is 2. The molecular weight excluding hydrogens is 494 g/mol. The van der Waals surface area contributed by atoms with Crippen LogP contribution in [0.15, 0.2) is 79.0 Å². The fraction of sp³-hybridized carbons (Fsp3) is 0.219. The molecule has 0 saturated heterocycles. The zero-order valence-electron chi connectivity index (χ0n) is 21.6. The van der Waals surface area contributed by atoms with Crippen molar-refractivity contribution < 1.29 is 9.53 Å². The van der Waals surface area contributed by atoms with Crippen LogP contribution in [0, 0.1) is 6.92 Å². The minimum Gasteiger partial charge on any atom is -0.494 e. The van der Waals surface area contributed by atoms with Gasteiger partial charge in [0, 0.05) is 23.9 Å². The average Bonchev–Trinajstić information content (AvgIpc) is 3.34. The van der Waals surface area contributed by atoms with Gasteiger partial charge in [-0.2, -0.15) is 0 Å². The largest absolute Gasteiger partial charge is 0.494 e. The fourth-order valence-corrected chi connectivity index (χ4v) is 5.69. The molecule has 3 heterocycles. The van der Waals surface area contributed by atoms with E-state index in [0.717, 1.165) is 59.6 Å². The summed E-state index contributed by atoms with van der Waals surface area (Å²) in [5.74, 6) is 0.635. The third-order valence-corrected chi connectivity index (χ3v) is 7.60. The van der Waals surface area contributed by atoms with Crippen molar-refractivity contribution in [3.63, 3.8) is 0 Å². The van der Waals surface area contributed by atoms with Crippen molar-refractivity contribution in [3.8, 4) is 28.1 Å². The number of carbonyl (C=O) groups is 1. The lowest BCUT2D eigenvalue weighted by atomic mass is 9.97. The molecule has 5 aromatic rings. The topological polar surface area (TPSA) is 47.7 Å². The summed E-state index contributed by atoms with van der Waals surface area (Å²) in [5.41, 5.74) is 8.97. The summed E-state index contributed by atoms with van der Waals surface area (Å²) in [4.78, 5) is 14.1. The number of amides is 1. The van der Waals surface area contributed by atoms with Crippen molar-refractivity contribution in [3.05, 3.63) is 101 Å². The second-order valence-electron chi connectivity index (χ2n) is 9.78. The van der Waals surface area contributed by atoms with Gasteiger partial charge < -0.3 is 14.6 Å². The van der Waals surface area contributed by atoms with Gasteiger partial charge in [-0.25, -0.2) is 0 Å². The molecule has 0 unspecified atom stereocenters. The Labute approximate surface area is 227 Å². The van der Waals surface area contributed by atoms with Crippen LogP contribution in [0.4, 0.5) is 5.69 Å². The molecule has 1 N–H and O–H groups in total. The van der Waals surface area contributed by atoms with Crippen LogP contribution in [0.5, 0.6) is 5.75 Å². The van der Waals surface area contributed by atoms with Gasteiger partial charge in [-0.05, 0) is 68.5 Å². The number of aryl methyl sites for hydroxylation is 3. The number of ether oxygens (including phenoxy) is 1. The van der Waals surface area contributed by atoms with Crippen LogP contribution >= 0.6 is 11.6 Å². The lowest BCUT2D eigenvalue weighted by molar-refractivity contribution is 0.102. The van der Waals surface area contributed by atoms with Crippen LogP contribution in [0.2, 0.25) is 5.02 Å². The molecule has 0 radical (unpaired) electrons. The molecule has 38 heavy (non-hydrogen) atoms. The molecule has 3 aromatic carbocycles. The summed E-state index contributed by atoms with van der Waals surface area (Å²) in [6, 6.07) is 24.0. The van der Waals surface area contributed by atoms with Crippen LogP contribution in [-0.2, 0) is 13.0 Å². The van der Waals surface area contributed by atoms with Crippen molar-refractivity contribution in [1.82, 2.24) is 8.97 Å². The summed E-state index contributed by atoms with van der Waals surface area (Å²) in [6.07, 6.45) is 5.17. The standard InChI is InChI=1S/C32H30ClN3O2/c1-3-38-24-17-15-23(16-18-24)29-25-8-6-7-19-35-28(22-13-11-21(2)12-14-22)20-36(32(25)35)30(29)31(37)34-27-10-5-4-9-26(27)33/h4-5,9-18,20H,3,6-8,19H2,1-2H3,(H,34,37). The minimum absolute atomic E-state index is 0.184. The molecule has 0 spiro atoms. The highest BCUT2D eigenvalue weighted by molar-refractivity contribution is 6.34. The zero-order chi connectivity index (χ0) is 26.2. The summed E-state index contributed by atoms with van der Waals surface area (Å²) < 4.78 is 10.2. The number of para-hydroxylation sites is 1. The second kappa shape index (κ2) is 10.1. The smallest absolute Gasteiger partial charge is 0.273 e. The van der Waals surface area contributed by atoms with Crippen molar-refractivity contribution in [2.24, 2.45) is 0 Å². The molecule has 1 aliphatic heterocycles. The molecule has 1 aliphatic rings. The van der Waals surface area contributed by atoms with Gasteiger partial charge in [0.2, 0.25) is 0 Å². The Morgan fingerprint density at radius 1 is 0.974 bits per heavy atom. The lowest BCUT2D eigenvalue weighted by Crippen LogP contribution is -2.15. The second-order valence-corrected chi connectivity index (χ2v) is 10.2. The van der Waals surface area contributed by atoms with E-state index in [4.69, 9.17) is 16.3 Å². The van der Waals surface area contributed by atoms with E-state index >= 15 is 0 Å². The molecule has 6 heteroatoms. The van der Waals surface area contributed by atoms with Gasteiger partial charge in [0.25, 0.3) is 5.91 Å². The van der Waals surface area contributed by atoms with E-state index in [-0.39, 0.29) is 5.91 Å². The van der Waals surface area contributed by atoms with E-state index in [0.29, 0.717) is 23.0 Å². The summed E-state index contributed by atoms with van der Waals surface area (Å²) in [5, 5.41) is 3.59. The SMILES string of the molecule is CCOc1ccc(-c2c3c4n(c(-c5ccc(C)cc5)cn4c2C(=O)Nc2ccccc2Cl)CCCC3)cc1. The van der Waals surface area contributed by atoms with Gasteiger partial charge in [-0.3, -0.25) is 9.20 Å². The van der Waals surface area contributed by atoms with Crippen molar-refractivity contribution in [2.45, 2.75) is 39.7 Å². The Kier molecular flexibility index (Phi) is 6.46. The van der Waals surface area contributed by atoms with E-state index in [9.17, 15) is 4.79 Å². The van der Waals surface area contributed by atoms with Crippen LogP contribution in [-0.4, -0.2) is 21.5 Å². The number of anilines is 1. The summed E-state index contributed by atoms with van der Waals surface area (Å²) >= 11 is 6.42. The third-order valence-electron chi connectivity index (χ3n) is 7.27. The molecule has 0 fully saturated rings. The molecule has 0 bridgehead atoms. The predicted molar refractivity (Wildman–Crippen MR) is 155 cm³/mol. The molecule has 0 aliphatic carbocycles. The lowest BCUT2D eigenvalue weighted by Gasteiger charge is -2.12. The monoisotopic (exact) mass is 523 g/mol. The number of halogens is 1. The maximum Gasteiger partial charge on any atom is 0.273 e. The average molecular weight is 524 g/mol. The zero-order valence-corrected chi connectivity index (χ0v) is 22.4. The first kappa shape index (κ1) is 24.4. The van der Waals surface area contributed by atoms with Crippen molar-refractivity contribution in [1.29, 1.82) is 0 Å². The van der Waals surface area contributed by atoms with Gasteiger partial charge in [-0.1, -0.05) is 65.7 Å². The first-order chi connectivity index (χ1) is 18.5. The normalized spacial score (nSPS) is 12.9. The Balaban J connectivity index is 1.59. The van der Waals surface area contributed by atoms with E-state index < -0.39 is 0 Å². The minimum atomic E-state index is -0.184. The molecule has 0 saturated carbocycles. The highest BCUT2D eigenvalue weighted by Gasteiger charge is 2.30.